The lowest BCUT2D eigenvalue weighted by Gasteiger charge is -2.34. The lowest BCUT2D eigenvalue weighted by molar-refractivity contribution is -0.140. The number of anilines is 1. The third kappa shape index (κ3) is 8.98. The summed E-state index contributed by atoms with van der Waals surface area (Å²) in [5.74, 6) is -1.36. The van der Waals surface area contributed by atoms with Crippen LogP contribution in [0.5, 0.6) is 0 Å². The lowest BCUT2D eigenvalue weighted by atomic mass is 10.0. The van der Waals surface area contributed by atoms with Crippen molar-refractivity contribution in [3.05, 3.63) is 126 Å². The Bertz CT molecular complexity index is 1700. The second-order valence-corrected chi connectivity index (χ2v) is 13.9. The molecule has 1 N–H and O–H groups in total. The molecule has 0 spiro atoms. The summed E-state index contributed by atoms with van der Waals surface area (Å²) in [6.45, 7) is 5.14. The molecular formula is C36H40FN3O4S2. The third-order valence-electron chi connectivity index (χ3n) is 7.79. The van der Waals surface area contributed by atoms with Gasteiger partial charge in [-0.1, -0.05) is 67.1 Å². The number of nitrogens with one attached hydrogen (secondary N) is 1. The van der Waals surface area contributed by atoms with Gasteiger partial charge in [0.1, 0.15) is 18.4 Å². The van der Waals surface area contributed by atoms with Gasteiger partial charge in [0.2, 0.25) is 11.8 Å². The number of hydrogen-bond donors (Lipinski definition) is 1. The molecule has 4 aromatic carbocycles. The van der Waals surface area contributed by atoms with E-state index in [-0.39, 0.29) is 29.8 Å². The van der Waals surface area contributed by atoms with E-state index < -0.39 is 34.3 Å². The van der Waals surface area contributed by atoms with E-state index in [4.69, 9.17) is 0 Å². The second-order valence-electron chi connectivity index (χ2n) is 11.2. The number of carbonyl (C=O) groups is 2. The van der Waals surface area contributed by atoms with Crippen LogP contribution in [0.15, 0.2) is 113 Å². The predicted molar refractivity (Wildman–Crippen MR) is 183 cm³/mol. The van der Waals surface area contributed by atoms with Gasteiger partial charge >= 0.3 is 0 Å². The molecule has 0 saturated carbocycles. The smallest absolute Gasteiger partial charge is 0.264 e. The van der Waals surface area contributed by atoms with E-state index in [0.717, 1.165) is 20.3 Å². The van der Waals surface area contributed by atoms with Gasteiger partial charge in [0.05, 0.1) is 10.6 Å². The van der Waals surface area contributed by atoms with E-state index in [0.29, 0.717) is 17.7 Å². The van der Waals surface area contributed by atoms with Crippen molar-refractivity contribution >= 4 is 39.3 Å². The van der Waals surface area contributed by atoms with Crippen LogP contribution in [0.3, 0.4) is 0 Å². The molecule has 2 atom stereocenters. The molecular weight excluding hydrogens is 622 g/mol. The number of rotatable bonds is 14. The zero-order chi connectivity index (χ0) is 33.3. The lowest BCUT2D eigenvalue weighted by Crippen LogP contribution is -2.54. The maximum Gasteiger partial charge on any atom is 0.264 e. The maximum atomic E-state index is 14.5. The van der Waals surface area contributed by atoms with E-state index in [1.54, 1.807) is 48.5 Å². The molecule has 0 unspecified atom stereocenters. The third-order valence-corrected chi connectivity index (χ3v) is 10.3. The van der Waals surface area contributed by atoms with Gasteiger partial charge in [0, 0.05) is 23.9 Å². The fourth-order valence-electron chi connectivity index (χ4n) is 4.90. The maximum absolute atomic E-state index is 14.5. The fraction of sp³-hybridized carbons (Fsp3) is 0.278. The minimum Gasteiger partial charge on any atom is -0.352 e. The molecule has 4 aromatic rings. The van der Waals surface area contributed by atoms with Gasteiger partial charge in [-0.3, -0.25) is 13.9 Å². The van der Waals surface area contributed by atoms with Crippen molar-refractivity contribution in [2.75, 3.05) is 17.1 Å². The summed E-state index contributed by atoms with van der Waals surface area (Å²) in [6.07, 6.45) is 2.79. The van der Waals surface area contributed by atoms with Crippen LogP contribution in [0.25, 0.3) is 0 Å². The number of aryl methyl sites for hydroxylation is 1. The number of sulfonamides is 1. The molecule has 242 valence electrons. The molecule has 0 heterocycles. The van der Waals surface area contributed by atoms with Crippen LogP contribution in [0, 0.1) is 12.7 Å². The topological polar surface area (TPSA) is 86.8 Å². The van der Waals surface area contributed by atoms with Crippen molar-refractivity contribution in [2.24, 2.45) is 0 Å². The van der Waals surface area contributed by atoms with Gasteiger partial charge in [0.15, 0.2) is 0 Å². The summed E-state index contributed by atoms with van der Waals surface area (Å²) in [4.78, 5) is 30.7. The monoisotopic (exact) mass is 661 g/mol. The molecule has 7 nitrogen and oxygen atoms in total. The van der Waals surface area contributed by atoms with Gasteiger partial charge in [-0.25, -0.2) is 12.8 Å². The Morgan fingerprint density at radius 1 is 0.870 bits per heavy atom. The molecule has 10 heteroatoms. The Labute approximate surface area is 275 Å². The quantitative estimate of drug-likeness (QED) is 0.154. The van der Waals surface area contributed by atoms with Crippen molar-refractivity contribution in [3.63, 3.8) is 0 Å². The van der Waals surface area contributed by atoms with Crippen LogP contribution in [0.2, 0.25) is 0 Å². The van der Waals surface area contributed by atoms with Crippen LogP contribution >= 0.6 is 11.8 Å². The Balaban J connectivity index is 1.80. The van der Waals surface area contributed by atoms with E-state index >= 15 is 0 Å². The van der Waals surface area contributed by atoms with Crippen LogP contribution in [-0.4, -0.2) is 50.0 Å². The molecule has 0 bridgehead atoms. The number of hydrogen-bond acceptors (Lipinski definition) is 5. The largest absolute Gasteiger partial charge is 0.352 e. The molecule has 4 rings (SSSR count). The summed E-state index contributed by atoms with van der Waals surface area (Å²) in [7, 11) is -4.20. The van der Waals surface area contributed by atoms with Crippen LogP contribution in [-0.2, 0) is 32.6 Å². The molecule has 0 radical (unpaired) electrons. The van der Waals surface area contributed by atoms with Crippen molar-refractivity contribution in [1.29, 1.82) is 0 Å². The first-order valence-electron chi connectivity index (χ1n) is 15.1. The highest BCUT2D eigenvalue weighted by molar-refractivity contribution is 7.98. The van der Waals surface area contributed by atoms with E-state index in [9.17, 15) is 22.4 Å². The van der Waals surface area contributed by atoms with E-state index in [1.165, 1.54) is 40.9 Å². The average molecular weight is 662 g/mol. The minimum absolute atomic E-state index is 0.0330. The number of halogens is 1. The Morgan fingerprint density at radius 2 is 1.50 bits per heavy atom. The molecule has 0 aromatic heterocycles. The Morgan fingerprint density at radius 3 is 2.09 bits per heavy atom. The molecule has 0 aliphatic rings. The van der Waals surface area contributed by atoms with Crippen molar-refractivity contribution in [1.82, 2.24) is 10.2 Å². The van der Waals surface area contributed by atoms with Crippen molar-refractivity contribution in [3.8, 4) is 0 Å². The number of benzene rings is 4. The van der Waals surface area contributed by atoms with E-state index in [2.05, 4.69) is 5.32 Å². The normalized spacial score (nSPS) is 12.6. The molecule has 2 amide bonds. The number of nitrogens with zero attached hydrogens (tertiary/aromatic N) is 2. The zero-order valence-corrected chi connectivity index (χ0v) is 28.2. The summed E-state index contributed by atoms with van der Waals surface area (Å²) in [5, 5.41) is 3.01. The number of amides is 2. The van der Waals surface area contributed by atoms with Gasteiger partial charge < -0.3 is 10.2 Å². The van der Waals surface area contributed by atoms with E-state index in [1.807, 2.05) is 57.4 Å². The predicted octanol–water partition coefficient (Wildman–Crippen LogP) is 6.61. The Hall–Kier alpha value is -4.15. The highest BCUT2D eigenvalue weighted by atomic mass is 32.2. The highest BCUT2D eigenvalue weighted by Crippen LogP contribution is 2.27. The van der Waals surface area contributed by atoms with Crippen LogP contribution < -0.4 is 9.62 Å². The summed E-state index contributed by atoms with van der Waals surface area (Å²) in [6, 6.07) is 27.3. The summed E-state index contributed by atoms with van der Waals surface area (Å²) >= 11 is 1.49. The molecule has 0 fully saturated rings. The van der Waals surface area contributed by atoms with Gasteiger partial charge in [-0.15, -0.1) is 11.8 Å². The molecule has 46 heavy (non-hydrogen) atoms. The zero-order valence-electron chi connectivity index (χ0n) is 26.5. The summed E-state index contributed by atoms with van der Waals surface area (Å²) < 4.78 is 43.3. The van der Waals surface area contributed by atoms with Gasteiger partial charge in [0.25, 0.3) is 10.0 Å². The fourth-order valence-corrected chi connectivity index (χ4v) is 6.72. The van der Waals surface area contributed by atoms with Gasteiger partial charge in [-0.05, 0) is 86.2 Å². The first kappa shape index (κ1) is 34.7. The molecule has 0 aliphatic heterocycles. The van der Waals surface area contributed by atoms with Gasteiger partial charge in [-0.2, -0.15) is 0 Å². The number of thioether (sulfide) groups is 1. The average Bonchev–Trinajstić information content (AvgIpc) is 3.06. The minimum atomic E-state index is -4.20. The van der Waals surface area contributed by atoms with Crippen LogP contribution in [0.4, 0.5) is 10.1 Å². The second kappa shape index (κ2) is 15.9. The SMILES string of the molecule is CC[C@H](C)NC(=O)[C@H](Cc1ccccc1)N(Cc1ccc(F)cc1)C(=O)CN(c1ccc(C)cc1)S(=O)(=O)c1ccc(SC)cc1. The Kier molecular flexibility index (Phi) is 12.0. The summed E-state index contributed by atoms with van der Waals surface area (Å²) in [5.41, 5.74) is 2.68. The first-order chi connectivity index (χ1) is 22.0. The van der Waals surface area contributed by atoms with Crippen molar-refractivity contribution in [2.45, 2.75) is 62.0 Å². The standard InChI is InChI=1S/C36H40FN3O4S2/c1-5-27(3)38-36(42)34(23-28-9-7-6-8-10-28)39(24-29-13-15-30(37)16-14-29)35(41)25-40(31-17-11-26(2)12-18-31)46(43,44)33-21-19-32(45-4)20-22-33/h6-22,27,34H,5,23-25H2,1-4H3,(H,38,42)/t27-,34-/m0/s1. The molecule has 0 aliphatic carbocycles. The highest BCUT2D eigenvalue weighted by Gasteiger charge is 2.35. The van der Waals surface area contributed by atoms with Crippen LogP contribution in [0.1, 0.15) is 37.0 Å². The van der Waals surface area contributed by atoms with Crippen molar-refractivity contribution < 1.29 is 22.4 Å². The molecule has 0 saturated heterocycles. The first-order valence-corrected chi connectivity index (χ1v) is 17.8. The number of carbonyl (C=O) groups excluding carboxylic acids is 2.